The molecule has 7 heteroatoms. The van der Waals surface area contributed by atoms with Gasteiger partial charge in [0.2, 0.25) is 0 Å². The molecule has 2 aliphatic heterocycles. The Morgan fingerprint density at radius 1 is 1.03 bits per heavy atom. The summed E-state index contributed by atoms with van der Waals surface area (Å²) < 4.78 is 17.2. The maximum atomic E-state index is 11.1. The molecule has 0 spiro atoms. The van der Waals surface area contributed by atoms with Gasteiger partial charge in [-0.3, -0.25) is 10.3 Å². The Kier molecular flexibility index (Phi) is 7.44. The van der Waals surface area contributed by atoms with Crippen molar-refractivity contribution in [3.05, 3.63) is 53.1 Å². The SMILES string of the molecule is COc1ccc(C2C(C)NNC2c2ccc(OCCN3CC(C)OC(C)C3)c(C)c2O)cc1. The van der Waals surface area contributed by atoms with Crippen LogP contribution < -0.4 is 20.3 Å². The number of hydrogen-bond donors (Lipinski definition) is 3. The van der Waals surface area contributed by atoms with E-state index in [9.17, 15) is 5.11 Å². The maximum absolute atomic E-state index is 11.1. The van der Waals surface area contributed by atoms with Crippen molar-refractivity contribution in [2.45, 2.75) is 57.9 Å². The Labute approximate surface area is 197 Å². The zero-order valence-corrected chi connectivity index (χ0v) is 20.3. The molecule has 0 amide bonds. The lowest BCUT2D eigenvalue weighted by Gasteiger charge is -2.35. The van der Waals surface area contributed by atoms with Crippen molar-refractivity contribution in [2.75, 3.05) is 33.4 Å². The molecule has 3 N–H and O–H groups in total. The highest BCUT2D eigenvalue weighted by Crippen LogP contribution is 2.43. The van der Waals surface area contributed by atoms with Gasteiger partial charge >= 0.3 is 0 Å². The van der Waals surface area contributed by atoms with Gasteiger partial charge in [-0.2, -0.15) is 0 Å². The van der Waals surface area contributed by atoms with Gasteiger partial charge in [0.15, 0.2) is 0 Å². The third-order valence-corrected chi connectivity index (χ3v) is 6.77. The fourth-order valence-corrected chi connectivity index (χ4v) is 5.13. The Morgan fingerprint density at radius 2 is 1.73 bits per heavy atom. The van der Waals surface area contributed by atoms with Crippen molar-refractivity contribution in [3.63, 3.8) is 0 Å². The summed E-state index contributed by atoms with van der Waals surface area (Å²) in [4.78, 5) is 2.37. The smallest absolute Gasteiger partial charge is 0.127 e. The first-order valence-corrected chi connectivity index (χ1v) is 11.9. The van der Waals surface area contributed by atoms with Crippen LogP contribution in [-0.4, -0.2) is 61.6 Å². The number of phenols is 1. The standard InChI is InChI=1S/C26H37N3O4/c1-16-14-29(15-17(2)33-16)12-13-32-23-11-10-22(26(30)18(23)3)25-24(19(4)27-28-25)20-6-8-21(31-5)9-7-20/h6-11,16-17,19,24-25,27-28,30H,12-15H2,1-5H3. The summed E-state index contributed by atoms with van der Waals surface area (Å²) in [5.41, 5.74) is 9.56. The second-order valence-electron chi connectivity index (χ2n) is 9.35. The van der Waals surface area contributed by atoms with Gasteiger partial charge < -0.3 is 19.3 Å². The van der Waals surface area contributed by atoms with E-state index in [4.69, 9.17) is 14.2 Å². The normalized spacial score (nSPS) is 28.1. The molecule has 5 unspecified atom stereocenters. The quantitative estimate of drug-likeness (QED) is 0.590. The van der Waals surface area contributed by atoms with Crippen LogP contribution in [0.2, 0.25) is 0 Å². The molecule has 0 aliphatic carbocycles. The van der Waals surface area contributed by atoms with E-state index in [-0.39, 0.29) is 36.0 Å². The predicted octanol–water partition coefficient (Wildman–Crippen LogP) is 3.52. The number of nitrogens with one attached hydrogen (secondary N) is 2. The highest BCUT2D eigenvalue weighted by Gasteiger charge is 2.37. The van der Waals surface area contributed by atoms with Crippen LogP contribution in [0.3, 0.4) is 0 Å². The maximum Gasteiger partial charge on any atom is 0.127 e. The molecule has 2 saturated heterocycles. The Bertz CT molecular complexity index is 926. The van der Waals surface area contributed by atoms with Crippen molar-refractivity contribution < 1.29 is 19.3 Å². The molecular formula is C26H37N3O4. The van der Waals surface area contributed by atoms with Gasteiger partial charge in [0, 0.05) is 42.7 Å². The van der Waals surface area contributed by atoms with Gasteiger partial charge in [0.25, 0.3) is 0 Å². The van der Waals surface area contributed by atoms with Gasteiger partial charge in [-0.05, 0) is 57.5 Å². The molecule has 2 aromatic rings. The molecule has 2 fully saturated rings. The summed E-state index contributed by atoms with van der Waals surface area (Å²) in [5, 5.41) is 11.1. The molecule has 5 atom stereocenters. The number of phenolic OH excluding ortho intramolecular Hbond substituents is 1. The number of morpholine rings is 1. The third kappa shape index (κ3) is 5.27. The number of ether oxygens (including phenoxy) is 3. The molecule has 180 valence electrons. The molecule has 0 bridgehead atoms. The minimum atomic E-state index is -0.0579. The zero-order valence-electron chi connectivity index (χ0n) is 20.3. The monoisotopic (exact) mass is 455 g/mol. The van der Waals surface area contributed by atoms with Crippen LogP contribution >= 0.6 is 0 Å². The Hall–Kier alpha value is -2.32. The minimum absolute atomic E-state index is 0.0579. The summed E-state index contributed by atoms with van der Waals surface area (Å²) in [7, 11) is 1.67. The number of rotatable bonds is 7. The lowest BCUT2D eigenvalue weighted by molar-refractivity contribution is -0.0699. The van der Waals surface area contributed by atoms with Gasteiger partial charge in [-0.15, -0.1) is 0 Å². The van der Waals surface area contributed by atoms with Crippen LogP contribution in [0.1, 0.15) is 49.4 Å². The number of hydrazine groups is 1. The summed E-state index contributed by atoms with van der Waals surface area (Å²) in [6.07, 6.45) is 0.486. The zero-order chi connectivity index (χ0) is 23.5. The molecule has 0 saturated carbocycles. The van der Waals surface area contributed by atoms with Gasteiger partial charge in [-0.1, -0.05) is 12.1 Å². The highest BCUT2D eigenvalue weighted by molar-refractivity contribution is 5.51. The van der Waals surface area contributed by atoms with E-state index in [1.165, 1.54) is 5.56 Å². The van der Waals surface area contributed by atoms with Crippen LogP contribution in [-0.2, 0) is 4.74 Å². The fourth-order valence-electron chi connectivity index (χ4n) is 5.13. The third-order valence-electron chi connectivity index (χ3n) is 6.77. The van der Waals surface area contributed by atoms with Crippen molar-refractivity contribution >= 4 is 0 Å². The molecule has 0 radical (unpaired) electrons. The van der Waals surface area contributed by atoms with Crippen LogP contribution in [0, 0.1) is 6.92 Å². The second kappa shape index (κ2) is 10.3. The van der Waals surface area contributed by atoms with Crippen LogP contribution in [0.4, 0.5) is 0 Å². The van der Waals surface area contributed by atoms with E-state index in [0.717, 1.165) is 42.3 Å². The Balaban J connectivity index is 1.45. The van der Waals surface area contributed by atoms with Crippen molar-refractivity contribution in [1.82, 2.24) is 15.8 Å². The largest absolute Gasteiger partial charge is 0.507 e. The average molecular weight is 456 g/mol. The molecule has 33 heavy (non-hydrogen) atoms. The summed E-state index contributed by atoms with van der Waals surface area (Å²) in [6, 6.07) is 12.3. The molecule has 0 aromatic heterocycles. The number of nitrogens with zero attached hydrogens (tertiary/aromatic N) is 1. The number of benzene rings is 2. The lowest BCUT2D eigenvalue weighted by Crippen LogP contribution is -2.46. The summed E-state index contributed by atoms with van der Waals surface area (Å²) >= 11 is 0. The van der Waals surface area contributed by atoms with E-state index in [1.807, 2.05) is 31.2 Å². The summed E-state index contributed by atoms with van der Waals surface area (Å²) in [5.74, 6) is 2.01. The number of hydrogen-bond acceptors (Lipinski definition) is 7. The van der Waals surface area contributed by atoms with Crippen LogP contribution in [0.15, 0.2) is 36.4 Å². The van der Waals surface area contributed by atoms with Crippen LogP contribution in [0.5, 0.6) is 17.2 Å². The highest BCUT2D eigenvalue weighted by atomic mass is 16.5. The van der Waals surface area contributed by atoms with Crippen molar-refractivity contribution in [1.29, 1.82) is 0 Å². The van der Waals surface area contributed by atoms with E-state index in [0.29, 0.717) is 6.61 Å². The topological polar surface area (TPSA) is 75.2 Å². The van der Waals surface area contributed by atoms with Gasteiger partial charge in [-0.25, -0.2) is 5.43 Å². The van der Waals surface area contributed by atoms with E-state index < -0.39 is 0 Å². The number of aromatic hydroxyl groups is 1. The average Bonchev–Trinajstić information content (AvgIpc) is 3.17. The molecular weight excluding hydrogens is 418 g/mol. The first-order valence-electron chi connectivity index (χ1n) is 11.9. The minimum Gasteiger partial charge on any atom is -0.507 e. The van der Waals surface area contributed by atoms with E-state index in [1.54, 1.807) is 7.11 Å². The van der Waals surface area contributed by atoms with Gasteiger partial charge in [0.05, 0.1) is 25.4 Å². The van der Waals surface area contributed by atoms with Crippen molar-refractivity contribution in [3.8, 4) is 17.2 Å². The van der Waals surface area contributed by atoms with Crippen LogP contribution in [0.25, 0.3) is 0 Å². The molecule has 4 rings (SSSR count). The lowest BCUT2D eigenvalue weighted by atomic mass is 9.83. The molecule has 2 heterocycles. The molecule has 7 nitrogen and oxygen atoms in total. The predicted molar refractivity (Wildman–Crippen MR) is 129 cm³/mol. The van der Waals surface area contributed by atoms with E-state index >= 15 is 0 Å². The first kappa shape index (κ1) is 23.8. The van der Waals surface area contributed by atoms with E-state index in [2.05, 4.69) is 48.7 Å². The second-order valence-corrected chi connectivity index (χ2v) is 9.35. The Morgan fingerprint density at radius 3 is 2.39 bits per heavy atom. The number of methoxy groups -OCH3 is 1. The molecule has 2 aliphatic rings. The first-order chi connectivity index (χ1) is 15.9. The van der Waals surface area contributed by atoms with Crippen molar-refractivity contribution in [2.24, 2.45) is 0 Å². The van der Waals surface area contributed by atoms with Gasteiger partial charge in [0.1, 0.15) is 23.9 Å². The molecule has 2 aromatic carbocycles. The summed E-state index contributed by atoms with van der Waals surface area (Å²) in [6.45, 7) is 11.5. The fraction of sp³-hybridized carbons (Fsp3) is 0.538.